The van der Waals surface area contributed by atoms with Crippen molar-refractivity contribution in [1.29, 1.82) is 0 Å². The van der Waals surface area contributed by atoms with Crippen LogP contribution in [0.25, 0.3) is 21.5 Å². The second kappa shape index (κ2) is 6.71. The van der Waals surface area contributed by atoms with E-state index in [2.05, 4.69) is 24.3 Å². The second-order valence-corrected chi connectivity index (χ2v) is 5.69. The molecule has 4 heteroatoms. The molecular formula is C20H18O4. The predicted molar refractivity (Wildman–Crippen MR) is 92.5 cm³/mol. The largest absolute Gasteiger partial charge is 0.425 e. The number of hydrogen-bond acceptors (Lipinski definition) is 4. The van der Waals surface area contributed by atoms with E-state index in [1.165, 1.54) is 19.2 Å². The summed E-state index contributed by atoms with van der Waals surface area (Å²) in [5, 5.41) is 4.45. The Morgan fingerprint density at radius 3 is 2.04 bits per heavy atom. The highest BCUT2D eigenvalue weighted by atomic mass is 16.7. The molecule has 0 aliphatic carbocycles. The fourth-order valence-electron chi connectivity index (χ4n) is 2.87. The van der Waals surface area contributed by atoms with Crippen molar-refractivity contribution < 1.29 is 19.1 Å². The molecule has 122 valence electrons. The third-order valence-corrected chi connectivity index (χ3v) is 3.82. The van der Waals surface area contributed by atoms with Crippen molar-refractivity contribution in [2.75, 3.05) is 0 Å². The molecule has 0 radical (unpaired) electrons. The first-order valence-corrected chi connectivity index (χ1v) is 7.78. The normalized spacial score (nSPS) is 11.0. The Kier molecular flexibility index (Phi) is 4.47. The third-order valence-electron chi connectivity index (χ3n) is 3.82. The third kappa shape index (κ3) is 3.54. The van der Waals surface area contributed by atoms with Crippen molar-refractivity contribution >= 4 is 33.5 Å². The van der Waals surface area contributed by atoms with E-state index in [-0.39, 0.29) is 0 Å². The van der Waals surface area contributed by atoms with E-state index in [9.17, 15) is 9.59 Å². The van der Waals surface area contributed by atoms with Crippen LogP contribution in [0.1, 0.15) is 19.4 Å². The van der Waals surface area contributed by atoms with Gasteiger partial charge >= 0.3 is 11.9 Å². The van der Waals surface area contributed by atoms with Gasteiger partial charge < -0.3 is 9.47 Å². The van der Waals surface area contributed by atoms with Crippen molar-refractivity contribution in [2.24, 2.45) is 0 Å². The van der Waals surface area contributed by atoms with Crippen LogP contribution in [-0.4, -0.2) is 18.2 Å². The molecule has 4 nitrogen and oxygen atoms in total. The van der Waals surface area contributed by atoms with Crippen LogP contribution in [0.4, 0.5) is 0 Å². The van der Waals surface area contributed by atoms with Gasteiger partial charge in [-0.25, -0.2) is 0 Å². The fourth-order valence-corrected chi connectivity index (χ4v) is 2.87. The number of carbonyl (C=O) groups is 2. The first kappa shape index (κ1) is 16.0. The molecule has 0 aliphatic rings. The molecule has 0 bridgehead atoms. The average Bonchev–Trinajstić information content (AvgIpc) is 2.52. The lowest BCUT2D eigenvalue weighted by atomic mass is 9.98. The van der Waals surface area contributed by atoms with E-state index in [0.717, 1.165) is 21.7 Å². The zero-order valence-corrected chi connectivity index (χ0v) is 13.6. The highest BCUT2D eigenvalue weighted by molar-refractivity contribution is 5.99. The number of rotatable bonds is 4. The summed E-state index contributed by atoms with van der Waals surface area (Å²) in [6.45, 7) is 2.60. The maximum atomic E-state index is 11.3. The summed E-state index contributed by atoms with van der Waals surface area (Å²) in [6, 6.07) is 18.3. The Balaban J connectivity index is 2.02. The highest BCUT2D eigenvalue weighted by Crippen LogP contribution is 2.26. The Labute approximate surface area is 140 Å². The molecular weight excluding hydrogens is 304 g/mol. The van der Waals surface area contributed by atoms with Crippen LogP contribution in [0.2, 0.25) is 0 Å². The second-order valence-electron chi connectivity index (χ2n) is 5.69. The Morgan fingerprint density at radius 2 is 1.42 bits per heavy atom. The van der Waals surface area contributed by atoms with Crippen LogP contribution in [-0.2, 0) is 25.5 Å². The monoisotopic (exact) mass is 322 g/mol. The topological polar surface area (TPSA) is 52.6 Å². The van der Waals surface area contributed by atoms with Gasteiger partial charge in [0.2, 0.25) is 0 Å². The SMILES string of the molecule is CC(=O)OC(Cc1cccc2cc3ccccc3cc12)OC(C)=O. The van der Waals surface area contributed by atoms with Crippen LogP contribution in [0, 0.1) is 0 Å². The predicted octanol–water partition coefficient (Wildman–Crippen LogP) is 3.99. The van der Waals surface area contributed by atoms with Gasteiger partial charge in [0.15, 0.2) is 0 Å². The van der Waals surface area contributed by atoms with Gasteiger partial charge in [0.05, 0.1) is 0 Å². The molecule has 24 heavy (non-hydrogen) atoms. The van der Waals surface area contributed by atoms with Gasteiger partial charge in [-0.15, -0.1) is 0 Å². The minimum absolute atomic E-state index is 0.314. The first-order valence-electron chi connectivity index (χ1n) is 7.78. The number of fused-ring (bicyclic) bond motifs is 2. The zero-order valence-electron chi connectivity index (χ0n) is 13.6. The maximum Gasteiger partial charge on any atom is 0.305 e. The summed E-state index contributed by atoms with van der Waals surface area (Å²) < 4.78 is 10.2. The molecule has 0 saturated carbocycles. The van der Waals surface area contributed by atoms with E-state index in [4.69, 9.17) is 9.47 Å². The fraction of sp³-hybridized carbons (Fsp3) is 0.200. The summed E-state index contributed by atoms with van der Waals surface area (Å²) in [5.41, 5.74) is 0.964. The van der Waals surface area contributed by atoms with Crippen LogP contribution in [0.15, 0.2) is 54.6 Å². The van der Waals surface area contributed by atoms with Gasteiger partial charge in [0, 0.05) is 20.3 Å². The molecule has 3 aromatic rings. The summed E-state index contributed by atoms with van der Waals surface area (Å²) in [6.07, 6.45) is -0.605. The van der Waals surface area contributed by atoms with Crippen molar-refractivity contribution in [3.05, 3.63) is 60.2 Å². The minimum atomic E-state index is -0.919. The molecule has 3 rings (SSSR count). The number of hydrogen-bond donors (Lipinski definition) is 0. The molecule has 0 fully saturated rings. The molecule has 0 aromatic heterocycles. The van der Waals surface area contributed by atoms with Crippen molar-refractivity contribution in [1.82, 2.24) is 0 Å². The van der Waals surface area contributed by atoms with Crippen LogP contribution >= 0.6 is 0 Å². The van der Waals surface area contributed by atoms with Gasteiger partial charge in [0.1, 0.15) is 0 Å². The van der Waals surface area contributed by atoms with Crippen molar-refractivity contribution in [3.63, 3.8) is 0 Å². The lowest BCUT2D eigenvalue weighted by Gasteiger charge is -2.18. The molecule has 0 saturated heterocycles. The van der Waals surface area contributed by atoms with E-state index >= 15 is 0 Å². The molecule has 0 heterocycles. The molecule has 0 atom stereocenters. The van der Waals surface area contributed by atoms with Crippen LogP contribution in [0.5, 0.6) is 0 Å². The van der Waals surface area contributed by atoms with E-state index < -0.39 is 18.2 Å². The zero-order chi connectivity index (χ0) is 17.1. The summed E-state index contributed by atoms with van der Waals surface area (Å²) in [5.74, 6) is -0.959. The van der Waals surface area contributed by atoms with Gasteiger partial charge in [-0.3, -0.25) is 9.59 Å². The minimum Gasteiger partial charge on any atom is -0.425 e. The Morgan fingerprint density at radius 1 is 0.833 bits per heavy atom. The molecule has 0 amide bonds. The van der Waals surface area contributed by atoms with Gasteiger partial charge in [0.25, 0.3) is 6.29 Å². The number of esters is 2. The van der Waals surface area contributed by atoms with Gasteiger partial charge in [-0.1, -0.05) is 42.5 Å². The quantitative estimate of drug-likeness (QED) is 0.414. The summed E-state index contributed by atoms with van der Waals surface area (Å²) in [7, 11) is 0. The van der Waals surface area contributed by atoms with E-state index in [1.54, 1.807) is 0 Å². The summed E-state index contributed by atoms with van der Waals surface area (Å²) in [4.78, 5) is 22.5. The van der Waals surface area contributed by atoms with E-state index in [1.807, 2.05) is 30.3 Å². The lowest BCUT2D eigenvalue weighted by molar-refractivity contribution is -0.184. The molecule has 0 spiro atoms. The molecule has 0 N–H and O–H groups in total. The maximum absolute atomic E-state index is 11.3. The summed E-state index contributed by atoms with van der Waals surface area (Å²) >= 11 is 0. The Bertz CT molecular complexity index is 898. The number of ether oxygens (including phenoxy) is 2. The highest BCUT2D eigenvalue weighted by Gasteiger charge is 2.17. The van der Waals surface area contributed by atoms with Crippen molar-refractivity contribution in [2.45, 2.75) is 26.6 Å². The Hall–Kier alpha value is -2.88. The van der Waals surface area contributed by atoms with Crippen LogP contribution in [0.3, 0.4) is 0 Å². The van der Waals surface area contributed by atoms with Gasteiger partial charge in [-0.05, 0) is 39.2 Å². The first-order chi connectivity index (χ1) is 11.5. The smallest absolute Gasteiger partial charge is 0.305 e. The van der Waals surface area contributed by atoms with Crippen molar-refractivity contribution in [3.8, 4) is 0 Å². The lowest BCUT2D eigenvalue weighted by Crippen LogP contribution is -2.24. The standard InChI is InChI=1S/C20H18O4/c1-13(21)23-20(24-14(2)22)12-18-9-5-8-17-10-15-6-3-4-7-16(15)11-19(17)18/h3-11,20H,12H2,1-2H3. The molecule has 0 unspecified atom stereocenters. The van der Waals surface area contributed by atoms with Gasteiger partial charge in [-0.2, -0.15) is 0 Å². The van der Waals surface area contributed by atoms with Crippen LogP contribution < -0.4 is 0 Å². The average molecular weight is 322 g/mol. The molecule has 3 aromatic carbocycles. The number of carbonyl (C=O) groups excluding carboxylic acids is 2. The van der Waals surface area contributed by atoms with E-state index in [0.29, 0.717) is 6.42 Å². The molecule has 0 aliphatic heterocycles. The number of benzene rings is 3.